The summed E-state index contributed by atoms with van der Waals surface area (Å²) >= 11 is 0. The second-order valence-corrected chi connectivity index (χ2v) is 10.5. The molecule has 0 aliphatic rings. The molecule has 0 spiro atoms. The van der Waals surface area contributed by atoms with E-state index in [1.165, 1.54) is 21.2 Å². The summed E-state index contributed by atoms with van der Waals surface area (Å²) in [6.07, 6.45) is 0. The summed E-state index contributed by atoms with van der Waals surface area (Å²) in [6.45, 7) is 11.5. The van der Waals surface area contributed by atoms with Gasteiger partial charge in [0.25, 0.3) is 0 Å². The number of benzene rings is 4. The first-order valence-electron chi connectivity index (χ1n) is 9.72. The van der Waals surface area contributed by atoms with Gasteiger partial charge >= 0.3 is 33.0 Å². The van der Waals surface area contributed by atoms with Crippen LogP contribution in [0, 0.1) is 13.2 Å². The Bertz CT molecular complexity index is 876. The third kappa shape index (κ3) is 13.2. The molecule has 0 saturated heterocycles. The summed E-state index contributed by atoms with van der Waals surface area (Å²) in [5.74, 6) is 3.61. The van der Waals surface area contributed by atoms with Crippen molar-refractivity contribution in [2.45, 2.75) is 0 Å². The average Bonchev–Trinajstić information content (AvgIpc) is 2.83. The van der Waals surface area contributed by atoms with Gasteiger partial charge in [-0.2, -0.15) is 0 Å². The van der Waals surface area contributed by atoms with Crippen LogP contribution in [-0.2, 0) is 33.0 Å². The monoisotopic (exact) mass is 678 g/mol. The molecule has 0 atom stereocenters. The molecular weight excluding hydrogens is 657 g/mol. The van der Waals surface area contributed by atoms with Gasteiger partial charge in [-0.1, -0.05) is 137 Å². The first-order chi connectivity index (χ1) is 14.8. The van der Waals surface area contributed by atoms with Crippen LogP contribution in [0.15, 0.2) is 133 Å². The normalized spacial score (nSPS) is 8.50. The van der Waals surface area contributed by atoms with E-state index in [4.69, 9.17) is 13.2 Å². The van der Waals surface area contributed by atoms with E-state index >= 15 is 0 Å². The molecular formula is C28H24Cl4Ni2P2. The van der Waals surface area contributed by atoms with Gasteiger partial charge in [0.05, 0.1) is 0 Å². The molecule has 0 aromatic heterocycles. The molecule has 4 rings (SSSR count). The van der Waals surface area contributed by atoms with Gasteiger partial charge in [-0.05, 0) is 21.2 Å². The first-order valence-corrected chi connectivity index (χ1v) is 12.5. The molecule has 0 bridgehead atoms. The van der Waals surface area contributed by atoms with Crippen molar-refractivity contribution in [2.75, 3.05) is 0 Å². The zero-order valence-electron chi connectivity index (χ0n) is 18.9. The number of rotatable bonds is 6. The third-order valence-electron chi connectivity index (χ3n) is 4.44. The van der Waals surface area contributed by atoms with Crippen molar-refractivity contribution in [3.63, 3.8) is 0 Å². The van der Waals surface area contributed by atoms with Gasteiger partial charge in [0.2, 0.25) is 0 Å². The third-order valence-corrected chi connectivity index (χ3v) is 8.45. The predicted octanol–water partition coefficient (Wildman–Crippen LogP) is -5.86. The van der Waals surface area contributed by atoms with Crippen LogP contribution in [0.5, 0.6) is 0 Å². The van der Waals surface area contributed by atoms with Crippen molar-refractivity contribution in [1.82, 2.24) is 0 Å². The van der Waals surface area contributed by atoms with Crippen LogP contribution in [0.3, 0.4) is 0 Å². The zero-order chi connectivity index (χ0) is 21.0. The van der Waals surface area contributed by atoms with Gasteiger partial charge in [0, 0.05) is 0 Å². The van der Waals surface area contributed by atoms with Gasteiger partial charge in [-0.25, -0.2) is 11.6 Å². The molecule has 0 aliphatic heterocycles. The standard InChI is InChI=1S/2C14H12P.4ClH.2Ni/c2*1-2-15(13-9-5-3-6-10-13)14-11-7-4-8-12-14;;;;;;/h2*1-12H;4*1H;;/q2*-1;;;;;2*+3/p-4. The van der Waals surface area contributed by atoms with E-state index in [9.17, 15) is 0 Å². The summed E-state index contributed by atoms with van der Waals surface area (Å²) in [4.78, 5) is 0. The number of hydrogen-bond acceptors (Lipinski definition) is 0. The van der Waals surface area contributed by atoms with Crippen molar-refractivity contribution in [3.8, 4) is 0 Å². The fourth-order valence-corrected chi connectivity index (χ4v) is 6.25. The van der Waals surface area contributed by atoms with Crippen LogP contribution in [0.1, 0.15) is 0 Å². The Morgan fingerprint density at radius 3 is 0.667 bits per heavy atom. The van der Waals surface area contributed by atoms with Crippen LogP contribution in [0.2, 0.25) is 0 Å². The summed E-state index contributed by atoms with van der Waals surface area (Å²) in [7, 11) is -0.992. The SMILES string of the molecule is [CH-]=CP(c1ccccc1)c1ccccc1.[CH-]=CP(c1ccccc1)c1ccccc1.[Cl-].[Cl-].[Cl-].[Cl-].[Ni+3].[Ni+3]. The Morgan fingerprint density at radius 2 is 0.528 bits per heavy atom. The minimum absolute atomic E-state index is 0. The Balaban J connectivity index is -0.000000244. The second-order valence-electron chi connectivity index (χ2n) is 6.38. The fraction of sp³-hybridized carbons (Fsp3) is 0. The fourth-order valence-electron chi connectivity index (χ4n) is 3.00. The minimum Gasteiger partial charge on any atom is -1.00 e. The molecule has 0 N–H and O–H groups in total. The van der Waals surface area contributed by atoms with Crippen LogP contribution in [0.4, 0.5) is 0 Å². The molecule has 4 aromatic rings. The van der Waals surface area contributed by atoms with E-state index in [0.717, 1.165) is 0 Å². The number of halogens is 4. The summed E-state index contributed by atoms with van der Waals surface area (Å²) in [5.41, 5.74) is 0. The van der Waals surface area contributed by atoms with E-state index in [2.05, 4.69) is 97.1 Å². The molecule has 4 aromatic carbocycles. The second kappa shape index (κ2) is 24.7. The molecule has 2 radical (unpaired) electrons. The topological polar surface area (TPSA) is 0 Å². The van der Waals surface area contributed by atoms with Gasteiger partial charge in [-0.3, -0.25) is 0 Å². The van der Waals surface area contributed by atoms with Crippen LogP contribution < -0.4 is 70.8 Å². The summed E-state index contributed by atoms with van der Waals surface area (Å²) < 4.78 is 0. The minimum atomic E-state index is -0.496. The van der Waals surface area contributed by atoms with Crippen molar-refractivity contribution in [3.05, 3.63) is 146 Å². The maximum absolute atomic E-state index is 5.74. The van der Waals surface area contributed by atoms with Crippen molar-refractivity contribution in [2.24, 2.45) is 0 Å². The van der Waals surface area contributed by atoms with Crippen molar-refractivity contribution < 1.29 is 82.6 Å². The summed E-state index contributed by atoms with van der Waals surface area (Å²) in [6, 6.07) is 41.5. The van der Waals surface area contributed by atoms with Gasteiger partial charge in [0.15, 0.2) is 0 Å². The molecule has 0 heterocycles. The Morgan fingerprint density at radius 1 is 0.361 bits per heavy atom. The molecule has 0 saturated carbocycles. The van der Waals surface area contributed by atoms with Crippen molar-refractivity contribution >= 4 is 37.1 Å². The molecule has 0 aliphatic carbocycles. The zero-order valence-corrected chi connectivity index (χ0v) is 25.7. The van der Waals surface area contributed by atoms with Gasteiger partial charge in [0.1, 0.15) is 0 Å². The maximum Gasteiger partial charge on any atom is 3.00 e. The molecule has 0 nitrogen and oxygen atoms in total. The van der Waals surface area contributed by atoms with Crippen LogP contribution in [0.25, 0.3) is 0 Å². The van der Waals surface area contributed by atoms with E-state index < -0.39 is 15.8 Å². The predicted molar refractivity (Wildman–Crippen MR) is 136 cm³/mol. The van der Waals surface area contributed by atoms with Crippen molar-refractivity contribution in [1.29, 1.82) is 0 Å². The molecule has 8 heteroatoms. The quantitative estimate of drug-likeness (QED) is 0.108. The largest absolute Gasteiger partial charge is 3.00 e. The van der Waals surface area contributed by atoms with E-state index in [0.29, 0.717) is 0 Å². The maximum atomic E-state index is 5.74. The molecule has 194 valence electrons. The molecule has 0 fully saturated rings. The Kier molecular flexibility index (Phi) is 29.1. The van der Waals surface area contributed by atoms with E-state index in [1.54, 1.807) is 11.6 Å². The van der Waals surface area contributed by atoms with E-state index in [1.807, 2.05) is 24.3 Å². The number of hydrogen-bond donors (Lipinski definition) is 0. The molecule has 36 heavy (non-hydrogen) atoms. The van der Waals surface area contributed by atoms with E-state index in [-0.39, 0.29) is 82.6 Å². The molecule has 0 unspecified atom stereocenters. The molecule has 0 amide bonds. The Hall–Kier alpha value is -0.633. The Labute approximate surface area is 263 Å². The summed E-state index contributed by atoms with van der Waals surface area (Å²) in [5, 5.41) is 5.17. The van der Waals surface area contributed by atoms with Crippen LogP contribution in [-0.4, -0.2) is 0 Å². The average molecular weight is 682 g/mol. The first kappa shape index (κ1) is 42.5. The smallest absolute Gasteiger partial charge is 1.00 e. The van der Waals surface area contributed by atoms with Crippen LogP contribution >= 0.6 is 15.8 Å². The van der Waals surface area contributed by atoms with Gasteiger partial charge < -0.3 is 62.8 Å². The van der Waals surface area contributed by atoms with Gasteiger partial charge in [-0.15, -0.1) is 0 Å².